The summed E-state index contributed by atoms with van der Waals surface area (Å²) in [6, 6.07) is 14.0. The van der Waals surface area contributed by atoms with Crippen LogP contribution < -0.4 is 0 Å². The Hall–Kier alpha value is -6.07. The lowest BCUT2D eigenvalue weighted by atomic mass is 10.0. The number of furan rings is 1. The summed E-state index contributed by atoms with van der Waals surface area (Å²) in [5.41, 5.74) is 0.795. The van der Waals surface area contributed by atoms with E-state index in [1.165, 1.54) is 0 Å². The van der Waals surface area contributed by atoms with Crippen molar-refractivity contribution in [1.82, 2.24) is 19.5 Å². The Morgan fingerprint density at radius 3 is 2.11 bits per heavy atom. The highest BCUT2D eigenvalue weighted by atomic mass is 16.3. The molecule has 9 rings (SSSR count). The largest absolute Gasteiger partial charge is 0.455 e. The molecule has 0 aliphatic rings. The predicted octanol–water partition coefficient (Wildman–Crippen LogP) is 9.87. The Bertz CT molecular complexity index is 3150. The molecule has 0 aliphatic heterocycles. The number of rotatable bonds is 4. The van der Waals surface area contributed by atoms with Gasteiger partial charge in [0.1, 0.15) is 11.2 Å². The average molecular weight is 577 g/mol. The molecule has 0 saturated carbocycles. The molecule has 44 heavy (non-hydrogen) atoms. The Morgan fingerprint density at radius 1 is 0.523 bits per heavy atom. The van der Waals surface area contributed by atoms with E-state index in [9.17, 15) is 2.74 Å². The molecule has 0 fully saturated rings. The normalized spacial score (nSPS) is 15.5. The number of nitrogens with zero attached hydrogens (tertiary/aromatic N) is 4. The van der Waals surface area contributed by atoms with Gasteiger partial charge in [-0.3, -0.25) is 0 Å². The molecule has 0 radical (unpaired) electrons. The van der Waals surface area contributed by atoms with Crippen LogP contribution in [0, 0.1) is 0 Å². The van der Waals surface area contributed by atoms with Crippen LogP contribution in [0.3, 0.4) is 0 Å². The van der Waals surface area contributed by atoms with Crippen molar-refractivity contribution in [1.29, 1.82) is 0 Å². The maximum atomic E-state index is 9.31. The van der Waals surface area contributed by atoms with Crippen LogP contribution in [-0.2, 0) is 0 Å². The Morgan fingerprint density at radius 2 is 1.23 bits per heavy atom. The summed E-state index contributed by atoms with van der Waals surface area (Å²) in [4.78, 5) is 14.5. The minimum Gasteiger partial charge on any atom is -0.455 e. The fraction of sp³-hybridized carbons (Fsp3) is 0. The fourth-order valence-corrected chi connectivity index (χ4v) is 5.57. The molecule has 0 amide bonds. The molecule has 0 saturated heterocycles. The molecule has 5 heteroatoms. The fourth-order valence-electron chi connectivity index (χ4n) is 5.57. The van der Waals surface area contributed by atoms with E-state index < -0.39 is 78.2 Å². The van der Waals surface area contributed by atoms with Crippen LogP contribution in [0.1, 0.15) is 16.4 Å². The molecule has 3 heterocycles. The van der Waals surface area contributed by atoms with Gasteiger partial charge < -0.3 is 8.98 Å². The van der Waals surface area contributed by atoms with Gasteiger partial charge in [0.2, 0.25) is 0 Å². The summed E-state index contributed by atoms with van der Waals surface area (Å²) in [5.74, 6) is 0.0887. The topological polar surface area (TPSA) is 56.7 Å². The Balaban J connectivity index is 1.49. The molecular weight excluding hydrogens is 540 g/mol. The monoisotopic (exact) mass is 576 g/mol. The lowest BCUT2D eigenvalue weighted by Gasteiger charge is -2.10. The highest BCUT2D eigenvalue weighted by Gasteiger charge is 2.21. The van der Waals surface area contributed by atoms with Crippen molar-refractivity contribution in [2.45, 2.75) is 0 Å². The summed E-state index contributed by atoms with van der Waals surface area (Å²) in [5, 5.41) is 1.27. The first-order chi connectivity index (χ1) is 26.8. The van der Waals surface area contributed by atoms with Gasteiger partial charge in [-0.1, -0.05) is 109 Å². The van der Waals surface area contributed by atoms with Gasteiger partial charge in [-0.15, -0.1) is 0 Å². The van der Waals surface area contributed by atoms with Crippen LogP contribution >= 0.6 is 0 Å². The Kier molecular flexibility index (Phi) is 3.42. The molecule has 6 aromatic carbocycles. The van der Waals surface area contributed by atoms with Gasteiger partial charge in [-0.05, 0) is 36.3 Å². The smallest absolute Gasteiger partial charge is 0.167 e. The van der Waals surface area contributed by atoms with Gasteiger partial charge in [-0.2, -0.15) is 0 Å². The minimum absolute atomic E-state index is 0.115. The van der Waals surface area contributed by atoms with Crippen LogP contribution in [0.15, 0.2) is 150 Å². The maximum absolute atomic E-state index is 9.31. The Labute approximate surface area is 269 Å². The summed E-state index contributed by atoms with van der Waals surface area (Å²) < 4.78 is 113. The third-order valence-electron chi connectivity index (χ3n) is 7.47. The number of benzene rings is 6. The van der Waals surface area contributed by atoms with Crippen molar-refractivity contribution in [3.63, 3.8) is 0 Å². The van der Waals surface area contributed by atoms with Crippen molar-refractivity contribution >= 4 is 43.7 Å². The van der Waals surface area contributed by atoms with E-state index in [1.54, 1.807) is 30.3 Å². The first-order valence-electron chi connectivity index (χ1n) is 19.7. The number of hydrogen-bond acceptors (Lipinski definition) is 4. The third-order valence-corrected chi connectivity index (χ3v) is 7.47. The quantitative estimate of drug-likeness (QED) is 0.209. The molecule has 5 nitrogen and oxygen atoms in total. The molecule has 0 unspecified atom stereocenters. The van der Waals surface area contributed by atoms with E-state index in [0.29, 0.717) is 22.3 Å². The molecule has 0 atom stereocenters. The number of para-hydroxylation sites is 4. The van der Waals surface area contributed by atoms with Crippen molar-refractivity contribution in [2.75, 3.05) is 0 Å². The molecule has 0 spiro atoms. The first-order valence-corrected chi connectivity index (χ1v) is 13.7. The number of fused-ring (bicyclic) bond motifs is 6. The summed E-state index contributed by atoms with van der Waals surface area (Å²) in [7, 11) is 0. The van der Waals surface area contributed by atoms with Crippen molar-refractivity contribution in [3.05, 3.63) is 145 Å². The summed E-state index contributed by atoms with van der Waals surface area (Å²) in [6.07, 6.45) is 0. The average Bonchev–Trinajstić information content (AvgIpc) is 3.77. The summed E-state index contributed by atoms with van der Waals surface area (Å²) in [6.45, 7) is 0. The molecule has 9 aromatic rings. The SMILES string of the molecule is [2H]c1c([2H])c([2H])c(-n2c3c([2H])c([2H])c([2H])c([2H])c3c3c(-c4nc(-c5ccccc5)nc(-c5cccc6c5oc5ccccc56)n4)c([2H])c([2H])c([2H])c32)c([2H])c1[2H]. The van der Waals surface area contributed by atoms with Gasteiger partial charge in [0, 0.05) is 38.4 Å². The van der Waals surface area contributed by atoms with E-state index >= 15 is 0 Å². The highest BCUT2D eigenvalue weighted by Crippen LogP contribution is 2.39. The molecule has 3 aromatic heterocycles. The third kappa shape index (κ3) is 3.76. The standard InChI is InChI=1S/C39H24N4O/c1-3-13-25(14-4-1)37-40-38(42-39(41-37)31-21-11-19-28-27-17-8-10-24-34(27)44-36(28)31)30-20-12-23-33-35(30)29-18-7-9-22-32(29)43(33)26-15-5-2-6-16-26/h1-24H/i2D,5D,6D,7D,9D,12D,15D,16D,18D,20D,22D,23D. The number of aromatic nitrogens is 4. The van der Waals surface area contributed by atoms with Gasteiger partial charge in [0.25, 0.3) is 0 Å². The second-order valence-corrected chi connectivity index (χ2v) is 9.96. The van der Waals surface area contributed by atoms with E-state index in [2.05, 4.69) is 0 Å². The lowest BCUT2D eigenvalue weighted by Crippen LogP contribution is -2.00. The molecule has 0 aliphatic carbocycles. The maximum Gasteiger partial charge on any atom is 0.167 e. The first kappa shape index (κ1) is 15.4. The second kappa shape index (κ2) is 9.75. The van der Waals surface area contributed by atoms with Crippen molar-refractivity contribution in [2.24, 2.45) is 0 Å². The zero-order valence-electron chi connectivity index (χ0n) is 34.6. The van der Waals surface area contributed by atoms with Crippen LogP contribution in [0.5, 0.6) is 0 Å². The van der Waals surface area contributed by atoms with Gasteiger partial charge in [0.05, 0.1) is 33.0 Å². The van der Waals surface area contributed by atoms with Gasteiger partial charge in [-0.25, -0.2) is 15.0 Å². The zero-order valence-corrected chi connectivity index (χ0v) is 22.6. The van der Waals surface area contributed by atoms with E-state index in [0.717, 1.165) is 15.3 Å². The van der Waals surface area contributed by atoms with Gasteiger partial charge in [0.15, 0.2) is 17.5 Å². The molecule has 0 bridgehead atoms. The van der Waals surface area contributed by atoms with E-state index in [-0.39, 0.29) is 44.8 Å². The van der Waals surface area contributed by atoms with Gasteiger partial charge >= 0.3 is 0 Å². The highest BCUT2D eigenvalue weighted by molar-refractivity contribution is 6.15. The minimum atomic E-state index is -0.721. The molecule has 0 N–H and O–H groups in total. The second-order valence-electron chi connectivity index (χ2n) is 9.96. The lowest BCUT2D eigenvalue weighted by molar-refractivity contribution is 0.669. The zero-order chi connectivity index (χ0) is 39.5. The predicted molar refractivity (Wildman–Crippen MR) is 178 cm³/mol. The van der Waals surface area contributed by atoms with Crippen LogP contribution in [-0.4, -0.2) is 19.5 Å². The number of hydrogen-bond donors (Lipinski definition) is 0. The van der Waals surface area contributed by atoms with Crippen LogP contribution in [0.4, 0.5) is 0 Å². The van der Waals surface area contributed by atoms with Crippen LogP contribution in [0.2, 0.25) is 0 Å². The molecule has 206 valence electrons. The summed E-state index contributed by atoms with van der Waals surface area (Å²) >= 11 is 0. The molecular formula is C39H24N4O. The van der Waals surface area contributed by atoms with Crippen molar-refractivity contribution in [3.8, 4) is 39.9 Å². The van der Waals surface area contributed by atoms with E-state index in [1.807, 2.05) is 42.5 Å². The van der Waals surface area contributed by atoms with E-state index in [4.69, 9.17) is 33.1 Å². The van der Waals surface area contributed by atoms with Crippen molar-refractivity contribution < 1.29 is 20.9 Å². The van der Waals surface area contributed by atoms with Crippen LogP contribution in [0.25, 0.3) is 83.6 Å².